The van der Waals surface area contributed by atoms with Gasteiger partial charge in [-0.3, -0.25) is 9.58 Å². The van der Waals surface area contributed by atoms with Crippen LogP contribution in [0.1, 0.15) is 34.2 Å². The number of esters is 1. The molecular weight excluding hydrogens is 306 g/mol. The number of carbonyl (C=O) groups excluding carboxylic acids is 1. The lowest BCUT2D eigenvalue weighted by Crippen LogP contribution is -2.31. The molecule has 0 saturated heterocycles. The van der Waals surface area contributed by atoms with E-state index in [1.54, 1.807) is 7.11 Å². The van der Waals surface area contributed by atoms with Gasteiger partial charge in [0.15, 0.2) is 5.69 Å². The van der Waals surface area contributed by atoms with Gasteiger partial charge in [0.05, 0.1) is 13.7 Å². The Balaban J connectivity index is 1.76. The molecule has 0 amide bonds. The maximum absolute atomic E-state index is 12.1. The van der Waals surface area contributed by atoms with Crippen LogP contribution in [-0.2, 0) is 31.3 Å². The smallest absolute Gasteiger partial charge is 0.359 e. The lowest BCUT2D eigenvalue weighted by Gasteiger charge is -2.27. The minimum absolute atomic E-state index is 0.333. The molecule has 1 aliphatic heterocycles. The number of aromatic nitrogens is 2. The first-order chi connectivity index (χ1) is 11.6. The van der Waals surface area contributed by atoms with Crippen molar-refractivity contribution in [2.24, 2.45) is 7.05 Å². The molecule has 2 heterocycles. The van der Waals surface area contributed by atoms with Gasteiger partial charge in [-0.15, -0.1) is 0 Å². The maximum atomic E-state index is 12.1. The van der Waals surface area contributed by atoms with Gasteiger partial charge in [0.1, 0.15) is 5.75 Å². The maximum Gasteiger partial charge on any atom is 0.359 e. The van der Waals surface area contributed by atoms with Crippen LogP contribution in [0.4, 0.5) is 0 Å². The molecule has 0 spiro atoms. The minimum Gasteiger partial charge on any atom is -0.497 e. The normalized spacial score (nSPS) is 14.3. The second-order valence-electron chi connectivity index (χ2n) is 5.93. The zero-order valence-corrected chi connectivity index (χ0v) is 14.4. The monoisotopic (exact) mass is 329 g/mol. The van der Waals surface area contributed by atoms with E-state index >= 15 is 0 Å². The average Bonchev–Trinajstić information content (AvgIpc) is 2.92. The summed E-state index contributed by atoms with van der Waals surface area (Å²) in [6, 6.07) is 8.09. The van der Waals surface area contributed by atoms with E-state index in [-0.39, 0.29) is 5.97 Å². The van der Waals surface area contributed by atoms with Gasteiger partial charge in [-0.2, -0.15) is 5.10 Å². The lowest BCUT2D eigenvalue weighted by molar-refractivity contribution is 0.0516. The molecule has 0 N–H and O–H groups in total. The molecule has 1 aliphatic rings. The Hall–Kier alpha value is -2.34. The molecule has 1 aromatic carbocycles. The molecule has 6 nitrogen and oxygen atoms in total. The molecule has 128 valence electrons. The highest BCUT2D eigenvalue weighted by Crippen LogP contribution is 2.24. The molecule has 0 aliphatic carbocycles. The second-order valence-corrected chi connectivity index (χ2v) is 5.93. The van der Waals surface area contributed by atoms with Crippen LogP contribution in [0.25, 0.3) is 0 Å². The summed E-state index contributed by atoms with van der Waals surface area (Å²) in [5.41, 5.74) is 3.80. The number of methoxy groups -OCH3 is 1. The molecule has 6 heteroatoms. The minimum atomic E-state index is -0.333. The van der Waals surface area contributed by atoms with Crippen molar-refractivity contribution in [1.29, 1.82) is 0 Å². The van der Waals surface area contributed by atoms with Gasteiger partial charge >= 0.3 is 5.97 Å². The molecule has 0 unspecified atom stereocenters. The molecule has 0 atom stereocenters. The fraction of sp³-hybridized carbons (Fsp3) is 0.444. The van der Waals surface area contributed by atoms with E-state index in [0.717, 1.165) is 36.5 Å². The average molecular weight is 329 g/mol. The number of carbonyl (C=O) groups is 1. The Morgan fingerprint density at radius 1 is 1.29 bits per heavy atom. The van der Waals surface area contributed by atoms with Crippen molar-refractivity contribution < 1.29 is 14.3 Å². The molecule has 24 heavy (non-hydrogen) atoms. The van der Waals surface area contributed by atoms with Crippen molar-refractivity contribution in [2.75, 3.05) is 20.3 Å². The topological polar surface area (TPSA) is 56.6 Å². The largest absolute Gasteiger partial charge is 0.497 e. The van der Waals surface area contributed by atoms with Crippen molar-refractivity contribution >= 4 is 5.97 Å². The standard InChI is InChI=1S/C18H23N3O3/c1-4-24-18(22)17-15-12-21(10-9-16(15)20(2)19-17)11-13-5-7-14(23-3)8-6-13/h5-8H,4,9-12H2,1-3H3. The molecule has 0 fully saturated rings. The number of benzene rings is 1. The van der Waals surface area contributed by atoms with Gasteiger partial charge < -0.3 is 9.47 Å². The summed E-state index contributed by atoms with van der Waals surface area (Å²) in [5.74, 6) is 0.525. The Morgan fingerprint density at radius 2 is 2.04 bits per heavy atom. The molecule has 0 radical (unpaired) electrons. The van der Waals surface area contributed by atoms with E-state index < -0.39 is 0 Å². The summed E-state index contributed by atoms with van der Waals surface area (Å²) in [5, 5.41) is 4.37. The predicted molar refractivity (Wildman–Crippen MR) is 90.0 cm³/mol. The Labute approximate surface area is 142 Å². The summed E-state index contributed by atoms with van der Waals surface area (Å²) >= 11 is 0. The van der Waals surface area contributed by atoms with Crippen LogP contribution in [-0.4, -0.2) is 40.9 Å². The van der Waals surface area contributed by atoms with Crippen LogP contribution in [0.5, 0.6) is 5.75 Å². The van der Waals surface area contributed by atoms with Crippen LogP contribution in [0.2, 0.25) is 0 Å². The molecule has 3 rings (SSSR count). The first-order valence-electron chi connectivity index (χ1n) is 8.19. The zero-order chi connectivity index (χ0) is 17.1. The van der Waals surface area contributed by atoms with Crippen LogP contribution < -0.4 is 4.74 Å². The van der Waals surface area contributed by atoms with Gasteiger partial charge in [-0.25, -0.2) is 4.79 Å². The number of hydrogen-bond donors (Lipinski definition) is 0. The summed E-state index contributed by atoms with van der Waals surface area (Å²) in [7, 11) is 3.56. The summed E-state index contributed by atoms with van der Waals surface area (Å²) in [4.78, 5) is 14.5. The molecule has 0 saturated carbocycles. The van der Waals surface area contributed by atoms with Gasteiger partial charge in [0.2, 0.25) is 0 Å². The van der Waals surface area contributed by atoms with Crippen molar-refractivity contribution in [2.45, 2.75) is 26.4 Å². The highest BCUT2D eigenvalue weighted by Gasteiger charge is 2.27. The van der Waals surface area contributed by atoms with Crippen LogP contribution in [0.15, 0.2) is 24.3 Å². The van der Waals surface area contributed by atoms with Crippen LogP contribution in [0.3, 0.4) is 0 Å². The quantitative estimate of drug-likeness (QED) is 0.787. The predicted octanol–water partition coefficient (Wildman–Crippen LogP) is 2.16. The Kier molecular flexibility index (Phi) is 4.85. The Morgan fingerprint density at radius 3 is 2.71 bits per heavy atom. The third-order valence-corrected chi connectivity index (χ3v) is 4.36. The van der Waals surface area contributed by atoms with Gasteiger partial charge in [0, 0.05) is 44.4 Å². The third-order valence-electron chi connectivity index (χ3n) is 4.36. The molecular formula is C18H23N3O3. The summed E-state index contributed by atoms with van der Waals surface area (Å²) < 4.78 is 12.1. The number of aryl methyl sites for hydroxylation is 1. The number of ether oxygens (including phenoxy) is 2. The molecule has 2 aromatic rings. The fourth-order valence-corrected chi connectivity index (χ4v) is 3.14. The van der Waals surface area contributed by atoms with E-state index in [2.05, 4.69) is 22.1 Å². The van der Waals surface area contributed by atoms with E-state index in [9.17, 15) is 4.79 Å². The summed E-state index contributed by atoms with van der Waals surface area (Å²) in [6.07, 6.45) is 0.883. The van der Waals surface area contributed by atoms with Crippen molar-refractivity contribution in [3.8, 4) is 5.75 Å². The lowest BCUT2D eigenvalue weighted by atomic mass is 10.0. The van der Waals surface area contributed by atoms with E-state index in [0.29, 0.717) is 18.8 Å². The zero-order valence-electron chi connectivity index (χ0n) is 14.4. The molecule has 0 bridgehead atoms. The number of fused-ring (bicyclic) bond motifs is 1. The van der Waals surface area contributed by atoms with Gasteiger partial charge in [-0.05, 0) is 24.6 Å². The fourth-order valence-electron chi connectivity index (χ4n) is 3.14. The summed E-state index contributed by atoms with van der Waals surface area (Å²) in [6.45, 7) is 4.66. The second kappa shape index (κ2) is 7.05. The SMILES string of the molecule is CCOC(=O)c1nn(C)c2c1CN(Cc1ccc(OC)cc1)CC2. The van der Waals surface area contributed by atoms with Crippen molar-refractivity contribution in [3.05, 3.63) is 46.8 Å². The number of rotatable bonds is 5. The number of nitrogens with zero attached hydrogens (tertiary/aromatic N) is 3. The first-order valence-corrected chi connectivity index (χ1v) is 8.19. The van der Waals surface area contributed by atoms with Crippen molar-refractivity contribution in [1.82, 2.24) is 14.7 Å². The highest BCUT2D eigenvalue weighted by molar-refractivity contribution is 5.89. The van der Waals surface area contributed by atoms with E-state index in [1.165, 1.54) is 5.56 Å². The Bertz CT molecular complexity index is 722. The first kappa shape index (κ1) is 16.5. The van der Waals surface area contributed by atoms with Crippen molar-refractivity contribution in [3.63, 3.8) is 0 Å². The third kappa shape index (κ3) is 3.28. The van der Waals surface area contributed by atoms with Gasteiger partial charge in [-0.1, -0.05) is 12.1 Å². The highest BCUT2D eigenvalue weighted by atomic mass is 16.5. The number of hydrogen-bond acceptors (Lipinski definition) is 5. The van der Waals surface area contributed by atoms with Crippen LogP contribution in [0, 0.1) is 0 Å². The van der Waals surface area contributed by atoms with E-state index in [1.807, 2.05) is 30.8 Å². The van der Waals surface area contributed by atoms with Gasteiger partial charge in [0.25, 0.3) is 0 Å². The molecule has 1 aromatic heterocycles. The van der Waals surface area contributed by atoms with Crippen LogP contribution >= 0.6 is 0 Å². The van der Waals surface area contributed by atoms with E-state index in [4.69, 9.17) is 9.47 Å².